The molecule has 20 heavy (non-hydrogen) atoms. The maximum absolute atomic E-state index is 13.1. The minimum absolute atomic E-state index is 0.109. The molecule has 0 fully saturated rings. The standard InChI is InChI=1S/C15H21BrFNO2/c1-10(19)8-15(2,3)9-18-14(20)7-11-4-5-13(17)12(16)6-11/h4-6,10,19H,7-9H2,1-3H3,(H,18,20). The monoisotopic (exact) mass is 345 g/mol. The second-order valence-corrected chi connectivity index (χ2v) is 6.77. The van der Waals surface area contributed by atoms with Crippen molar-refractivity contribution in [1.82, 2.24) is 5.32 Å². The van der Waals surface area contributed by atoms with Gasteiger partial charge in [-0.3, -0.25) is 4.79 Å². The van der Waals surface area contributed by atoms with Crippen LogP contribution in [-0.2, 0) is 11.2 Å². The fourth-order valence-corrected chi connectivity index (χ4v) is 2.53. The lowest BCUT2D eigenvalue weighted by molar-refractivity contribution is -0.121. The molecular formula is C15H21BrFNO2. The first-order chi connectivity index (χ1) is 9.19. The summed E-state index contributed by atoms with van der Waals surface area (Å²) in [4.78, 5) is 11.9. The van der Waals surface area contributed by atoms with Gasteiger partial charge in [-0.15, -0.1) is 0 Å². The van der Waals surface area contributed by atoms with Crippen molar-refractivity contribution in [3.05, 3.63) is 34.1 Å². The lowest BCUT2D eigenvalue weighted by atomic mass is 9.87. The van der Waals surface area contributed by atoms with Crippen molar-refractivity contribution in [3.63, 3.8) is 0 Å². The number of aliphatic hydroxyl groups excluding tert-OH is 1. The molecule has 1 aromatic rings. The summed E-state index contributed by atoms with van der Waals surface area (Å²) < 4.78 is 13.4. The third-order valence-electron chi connectivity index (χ3n) is 2.96. The molecule has 1 amide bonds. The molecule has 0 saturated carbocycles. The quantitative estimate of drug-likeness (QED) is 0.832. The van der Waals surface area contributed by atoms with E-state index < -0.39 is 6.10 Å². The largest absolute Gasteiger partial charge is 0.393 e. The van der Waals surface area contributed by atoms with E-state index in [1.54, 1.807) is 19.1 Å². The third-order valence-corrected chi connectivity index (χ3v) is 3.57. The predicted molar refractivity (Wildman–Crippen MR) is 80.9 cm³/mol. The van der Waals surface area contributed by atoms with Gasteiger partial charge in [0.15, 0.2) is 0 Å². The summed E-state index contributed by atoms with van der Waals surface area (Å²) in [6, 6.07) is 4.54. The molecule has 1 atom stereocenters. The van der Waals surface area contributed by atoms with Crippen LogP contribution in [0.1, 0.15) is 32.8 Å². The van der Waals surface area contributed by atoms with Crippen LogP contribution in [0.25, 0.3) is 0 Å². The zero-order chi connectivity index (χ0) is 15.3. The normalized spacial score (nSPS) is 13.1. The smallest absolute Gasteiger partial charge is 0.224 e. The molecule has 0 aliphatic carbocycles. The lowest BCUT2D eigenvalue weighted by Gasteiger charge is -2.26. The predicted octanol–water partition coefficient (Wildman–Crippen LogP) is 3.04. The van der Waals surface area contributed by atoms with Gasteiger partial charge in [0.2, 0.25) is 5.91 Å². The van der Waals surface area contributed by atoms with Crippen molar-refractivity contribution in [2.75, 3.05) is 6.54 Å². The molecule has 0 aliphatic heterocycles. The number of rotatable bonds is 6. The van der Waals surface area contributed by atoms with Crippen molar-refractivity contribution in [1.29, 1.82) is 0 Å². The van der Waals surface area contributed by atoms with Gasteiger partial charge >= 0.3 is 0 Å². The molecular weight excluding hydrogens is 325 g/mol. The third kappa shape index (κ3) is 6.01. The Hall–Kier alpha value is -0.940. The minimum Gasteiger partial charge on any atom is -0.393 e. The number of hydrogen-bond donors (Lipinski definition) is 2. The van der Waals surface area contributed by atoms with Gasteiger partial charge in [-0.2, -0.15) is 0 Å². The van der Waals surface area contributed by atoms with Crippen LogP contribution in [0.4, 0.5) is 4.39 Å². The second kappa shape index (κ2) is 7.18. The van der Waals surface area contributed by atoms with Crippen LogP contribution < -0.4 is 5.32 Å². The molecule has 0 spiro atoms. The van der Waals surface area contributed by atoms with E-state index in [0.29, 0.717) is 17.4 Å². The average molecular weight is 346 g/mol. The molecule has 2 N–H and O–H groups in total. The molecule has 0 aromatic heterocycles. The van der Waals surface area contributed by atoms with Gasteiger partial charge < -0.3 is 10.4 Å². The van der Waals surface area contributed by atoms with Crippen molar-refractivity contribution in [2.45, 2.75) is 39.7 Å². The summed E-state index contributed by atoms with van der Waals surface area (Å²) in [5.74, 6) is -0.450. The Kier molecular flexibility index (Phi) is 6.14. The Morgan fingerprint density at radius 2 is 2.15 bits per heavy atom. The molecule has 112 valence electrons. The van der Waals surface area contributed by atoms with Crippen LogP contribution in [0.3, 0.4) is 0 Å². The fourth-order valence-electron chi connectivity index (χ4n) is 2.11. The molecule has 0 radical (unpaired) electrons. The average Bonchev–Trinajstić information content (AvgIpc) is 2.30. The Morgan fingerprint density at radius 1 is 1.50 bits per heavy atom. The molecule has 0 aliphatic rings. The first-order valence-corrected chi connectivity index (χ1v) is 7.37. The van der Waals surface area contributed by atoms with Gasteiger partial charge in [0.1, 0.15) is 5.82 Å². The molecule has 1 aromatic carbocycles. The van der Waals surface area contributed by atoms with Gasteiger partial charge in [-0.05, 0) is 52.4 Å². The molecule has 1 unspecified atom stereocenters. The number of nitrogens with one attached hydrogen (secondary N) is 1. The van der Waals surface area contributed by atoms with E-state index in [1.165, 1.54) is 6.07 Å². The van der Waals surface area contributed by atoms with Crippen LogP contribution in [0.2, 0.25) is 0 Å². The van der Waals surface area contributed by atoms with Crippen molar-refractivity contribution >= 4 is 21.8 Å². The zero-order valence-electron chi connectivity index (χ0n) is 12.0. The summed E-state index contributed by atoms with van der Waals surface area (Å²) in [6.07, 6.45) is 0.439. The van der Waals surface area contributed by atoms with Gasteiger partial charge in [0, 0.05) is 6.54 Å². The lowest BCUT2D eigenvalue weighted by Crippen LogP contribution is -2.36. The minimum atomic E-state index is -0.394. The maximum Gasteiger partial charge on any atom is 0.224 e. The first-order valence-electron chi connectivity index (χ1n) is 6.58. The SMILES string of the molecule is CC(O)CC(C)(C)CNC(=O)Cc1ccc(F)c(Br)c1. The molecule has 0 bridgehead atoms. The summed E-state index contributed by atoms with van der Waals surface area (Å²) >= 11 is 3.10. The number of halogens is 2. The van der Waals surface area contributed by atoms with Gasteiger partial charge in [-0.25, -0.2) is 4.39 Å². The Bertz CT molecular complexity index is 475. The topological polar surface area (TPSA) is 49.3 Å². The highest BCUT2D eigenvalue weighted by molar-refractivity contribution is 9.10. The number of carbonyl (C=O) groups is 1. The fraction of sp³-hybridized carbons (Fsp3) is 0.533. The molecule has 0 saturated heterocycles. The highest BCUT2D eigenvalue weighted by Crippen LogP contribution is 2.21. The number of benzene rings is 1. The van der Waals surface area contributed by atoms with Crippen molar-refractivity contribution in [2.24, 2.45) is 5.41 Å². The van der Waals surface area contributed by atoms with Crippen molar-refractivity contribution < 1.29 is 14.3 Å². The summed E-state index contributed by atoms with van der Waals surface area (Å²) in [5.41, 5.74) is 0.594. The van der Waals surface area contributed by atoms with E-state index in [0.717, 1.165) is 5.56 Å². The summed E-state index contributed by atoms with van der Waals surface area (Å²) in [7, 11) is 0. The highest BCUT2D eigenvalue weighted by Gasteiger charge is 2.21. The van der Waals surface area contributed by atoms with Crippen LogP contribution in [0.15, 0.2) is 22.7 Å². The van der Waals surface area contributed by atoms with Gasteiger partial charge in [-0.1, -0.05) is 19.9 Å². The highest BCUT2D eigenvalue weighted by atomic mass is 79.9. The van der Waals surface area contributed by atoms with E-state index in [-0.39, 0.29) is 23.6 Å². The zero-order valence-corrected chi connectivity index (χ0v) is 13.6. The number of aliphatic hydroxyl groups is 1. The van der Waals surface area contributed by atoms with E-state index in [2.05, 4.69) is 21.2 Å². The Morgan fingerprint density at radius 3 is 2.70 bits per heavy atom. The van der Waals surface area contributed by atoms with Gasteiger partial charge in [0.25, 0.3) is 0 Å². The molecule has 3 nitrogen and oxygen atoms in total. The summed E-state index contributed by atoms with van der Waals surface area (Å²) in [5, 5.41) is 12.2. The number of amides is 1. The van der Waals surface area contributed by atoms with Gasteiger partial charge in [0.05, 0.1) is 17.0 Å². The molecule has 1 rings (SSSR count). The van der Waals surface area contributed by atoms with Crippen LogP contribution in [0.5, 0.6) is 0 Å². The molecule has 0 heterocycles. The Balaban J connectivity index is 2.49. The van der Waals surface area contributed by atoms with Crippen LogP contribution in [0, 0.1) is 11.2 Å². The number of carbonyl (C=O) groups excluding carboxylic acids is 1. The van der Waals surface area contributed by atoms with E-state index >= 15 is 0 Å². The Labute approximate surface area is 127 Å². The second-order valence-electron chi connectivity index (χ2n) is 5.92. The van der Waals surface area contributed by atoms with Crippen LogP contribution in [-0.4, -0.2) is 23.7 Å². The maximum atomic E-state index is 13.1. The van der Waals surface area contributed by atoms with Crippen molar-refractivity contribution in [3.8, 4) is 0 Å². The van der Waals surface area contributed by atoms with E-state index in [4.69, 9.17) is 0 Å². The van der Waals surface area contributed by atoms with Crippen LogP contribution >= 0.6 is 15.9 Å². The first kappa shape index (κ1) is 17.1. The van der Waals surface area contributed by atoms with E-state index in [9.17, 15) is 14.3 Å². The number of hydrogen-bond acceptors (Lipinski definition) is 2. The summed E-state index contributed by atoms with van der Waals surface area (Å²) in [6.45, 7) is 6.22. The van der Waals surface area contributed by atoms with E-state index in [1.807, 2.05) is 13.8 Å². The molecule has 5 heteroatoms.